The molecule has 7 heteroatoms. The average molecular weight is 375 g/mol. The van der Waals surface area contributed by atoms with Gasteiger partial charge in [-0.2, -0.15) is 0 Å². The van der Waals surface area contributed by atoms with Gasteiger partial charge in [0.1, 0.15) is 0 Å². The molecule has 2 rings (SSSR count). The van der Waals surface area contributed by atoms with Crippen molar-refractivity contribution in [2.45, 2.75) is 31.2 Å². The molecule has 0 aliphatic rings. The fraction of sp³-hybridized carbons (Fsp3) is 0.316. The lowest BCUT2D eigenvalue weighted by atomic mass is 10.1. The SMILES string of the molecule is CN(C)c1ccc(NS(=O)(=O)c2cccc(C(=O)NC(C)(C)C)c2)cc1. The predicted octanol–water partition coefficient (Wildman–Crippen LogP) is 3.08. The Balaban J connectivity index is 2.23. The molecule has 1 amide bonds. The molecule has 2 aromatic carbocycles. The number of nitrogens with one attached hydrogen (secondary N) is 2. The zero-order valence-corrected chi connectivity index (χ0v) is 16.5. The van der Waals surface area contributed by atoms with Crippen LogP contribution in [0.3, 0.4) is 0 Å². The smallest absolute Gasteiger partial charge is 0.261 e. The lowest BCUT2D eigenvalue weighted by Crippen LogP contribution is -2.40. The number of carbonyl (C=O) groups is 1. The number of anilines is 2. The van der Waals surface area contributed by atoms with Gasteiger partial charge in [-0.25, -0.2) is 8.42 Å². The predicted molar refractivity (Wildman–Crippen MR) is 105 cm³/mol. The summed E-state index contributed by atoms with van der Waals surface area (Å²) in [6.07, 6.45) is 0. The Morgan fingerprint density at radius 2 is 1.62 bits per heavy atom. The summed E-state index contributed by atoms with van der Waals surface area (Å²) in [6, 6.07) is 13.0. The molecule has 2 aromatic rings. The van der Waals surface area contributed by atoms with E-state index in [-0.39, 0.29) is 10.8 Å². The van der Waals surface area contributed by atoms with Crippen LogP contribution in [0.15, 0.2) is 53.4 Å². The first-order chi connectivity index (χ1) is 12.0. The highest BCUT2D eigenvalue weighted by Crippen LogP contribution is 2.20. The van der Waals surface area contributed by atoms with E-state index in [1.807, 2.05) is 51.9 Å². The zero-order valence-electron chi connectivity index (χ0n) is 15.7. The van der Waals surface area contributed by atoms with Gasteiger partial charge in [-0.3, -0.25) is 9.52 Å². The highest BCUT2D eigenvalue weighted by Gasteiger charge is 2.19. The van der Waals surface area contributed by atoms with E-state index >= 15 is 0 Å². The zero-order chi connectivity index (χ0) is 19.5. The molecule has 0 aliphatic heterocycles. The van der Waals surface area contributed by atoms with Crippen LogP contribution in [-0.2, 0) is 10.0 Å². The summed E-state index contributed by atoms with van der Waals surface area (Å²) in [5.41, 5.74) is 1.32. The molecule has 0 radical (unpaired) electrons. The van der Waals surface area contributed by atoms with Gasteiger partial charge >= 0.3 is 0 Å². The molecule has 26 heavy (non-hydrogen) atoms. The van der Waals surface area contributed by atoms with Crippen LogP contribution in [0.1, 0.15) is 31.1 Å². The third kappa shape index (κ3) is 5.23. The normalized spacial score (nSPS) is 11.7. The van der Waals surface area contributed by atoms with Crippen molar-refractivity contribution in [2.24, 2.45) is 0 Å². The van der Waals surface area contributed by atoms with Gasteiger partial charge in [-0.1, -0.05) is 6.07 Å². The van der Waals surface area contributed by atoms with E-state index in [0.29, 0.717) is 11.3 Å². The quantitative estimate of drug-likeness (QED) is 0.842. The minimum Gasteiger partial charge on any atom is -0.378 e. The minimum absolute atomic E-state index is 0.0377. The summed E-state index contributed by atoms with van der Waals surface area (Å²) < 4.78 is 27.8. The fourth-order valence-electron chi connectivity index (χ4n) is 2.26. The Hall–Kier alpha value is -2.54. The van der Waals surface area contributed by atoms with Crippen LogP contribution >= 0.6 is 0 Å². The van der Waals surface area contributed by atoms with E-state index in [1.165, 1.54) is 12.1 Å². The third-order valence-electron chi connectivity index (χ3n) is 3.53. The molecular weight excluding hydrogens is 350 g/mol. The van der Waals surface area contributed by atoms with Gasteiger partial charge in [-0.05, 0) is 63.2 Å². The molecule has 0 heterocycles. The van der Waals surface area contributed by atoms with E-state index in [0.717, 1.165) is 5.69 Å². The third-order valence-corrected chi connectivity index (χ3v) is 4.91. The number of hydrogen-bond acceptors (Lipinski definition) is 4. The van der Waals surface area contributed by atoms with Gasteiger partial charge in [0.05, 0.1) is 4.90 Å². The molecule has 0 aromatic heterocycles. The summed E-state index contributed by atoms with van der Waals surface area (Å²) in [6.45, 7) is 5.60. The fourth-order valence-corrected chi connectivity index (χ4v) is 3.36. The number of hydrogen-bond donors (Lipinski definition) is 2. The molecule has 0 saturated heterocycles. The van der Waals surface area contributed by atoms with Crippen molar-refractivity contribution in [3.05, 3.63) is 54.1 Å². The maximum Gasteiger partial charge on any atom is 0.261 e. The molecule has 140 valence electrons. The van der Waals surface area contributed by atoms with Crippen molar-refractivity contribution < 1.29 is 13.2 Å². The molecule has 0 atom stereocenters. The number of rotatable bonds is 5. The molecule has 0 spiro atoms. The Morgan fingerprint density at radius 1 is 1.00 bits per heavy atom. The lowest BCUT2D eigenvalue weighted by molar-refractivity contribution is 0.0919. The summed E-state index contributed by atoms with van der Waals surface area (Å²) in [7, 11) is 0.0303. The molecule has 2 N–H and O–H groups in total. The molecule has 0 unspecified atom stereocenters. The van der Waals surface area contributed by atoms with Crippen LogP contribution in [0.2, 0.25) is 0 Å². The van der Waals surface area contributed by atoms with Crippen LogP contribution in [0.4, 0.5) is 11.4 Å². The van der Waals surface area contributed by atoms with Gasteiger partial charge in [0.15, 0.2) is 0 Å². The van der Waals surface area contributed by atoms with Gasteiger partial charge in [0.2, 0.25) is 0 Å². The number of sulfonamides is 1. The van der Waals surface area contributed by atoms with Gasteiger partial charge in [0.25, 0.3) is 15.9 Å². The number of carbonyl (C=O) groups excluding carboxylic acids is 1. The second-order valence-corrected chi connectivity index (χ2v) is 8.96. The molecule has 0 aliphatic carbocycles. The minimum atomic E-state index is -3.79. The Morgan fingerprint density at radius 3 is 2.15 bits per heavy atom. The topological polar surface area (TPSA) is 78.5 Å². The second-order valence-electron chi connectivity index (χ2n) is 7.28. The van der Waals surface area contributed by atoms with Crippen molar-refractivity contribution in [1.29, 1.82) is 0 Å². The van der Waals surface area contributed by atoms with Crippen LogP contribution in [0.5, 0.6) is 0 Å². The van der Waals surface area contributed by atoms with Crippen LogP contribution in [-0.4, -0.2) is 34.0 Å². The van der Waals surface area contributed by atoms with Crippen molar-refractivity contribution in [1.82, 2.24) is 5.32 Å². The molecule has 0 saturated carbocycles. The van der Waals surface area contributed by atoms with E-state index in [1.54, 1.807) is 24.3 Å². The molecule has 0 fully saturated rings. The van der Waals surface area contributed by atoms with Crippen molar-refractivity contribution in [3.63, 3.8) is 0 Å². The Bertz CT molecular complexity index is 883. The molecule has 0 bridgehead atoms. The van der Waals surface area contributed by atoms with E-state index < -0.39 is 15.6 Å². The first-order valence-electron chi connectivity index (χ1n) is 8.21. The van der Waals surface area contributed by atoms with Crippen LogP contribution < -0.4 is 14.9 Å². The summed E-state index contributed by atoms with van der Waals surface area (Å²) >= 11 is 0. The highest BCUT2D eigenvalue weighted by atomic mass is 32.2. The first-order valence-corrected chi connectivity index (χ1v) is 9.69. The Kier molecular flexibility index (Phi) is 5.61. The largest absolute Gasteiger partial charge is 0.378 e. The number of nitrogens with zero attached hydrogens (tertiary/aromatic N) is 1. The first kappa shape index (κ1) is 19.8. The van der Waals surface area contributed by atoms with Crippen molar-refractivity contribution in [2.75, 3.05) is 23.7 Å². The van der Waals surface area contributed by atoms with Gasteiger partial charge in [0, 0.05) is 36.6 Å². The standard InChI is InChI=1S/C19H25N3O3S/c1-19(2,3)20-18(23)14-7-6-8-17(13-14)26(24,25)21-15-9-11-16(12-10-15)22(4)5/h6-13,21H,1-5H3,(H,20,23). The maximum absolute atomic E-state index is 12.6. The maximum atomic E-state index is 12.6. The second kappa shape index (κ2) is 7.37. The average Bonchev–Trinajstić information content (AvgIpc) is 2.53. The number of amides is 1. The highest BCUT2D eigenvalue weighted by molar-refractivity contribution is 7.92. The van der Waals surface area contributed by atoms with E-state index in [2.05, 4.69) is 10.0 Å². The van der Waals surface area contributed by atoms with Crippen LogP contribution in [0.25, 0.3) is 0 Å². The van der Waals surface area contributed by atoms with Crippen molar-refractivity contribution >= 4 is 27.3 Å². The Labute approximate surface area is 155 Å². The molecular formula is C19H25N3O3S. The monoisotopic (exact) mass is 375 g/mol. The summed E-state index contributed by atoms with van der Waals surface area (Å²) in [4.78, 5) is 14.2. The number of benzene rings is 2. The van der Waals surface area contributed by atoms with Gasteiger partial charge in [-0.15, -0.1) is 0 Å². The van der Waals surface area contributed by atoms with E-state index in [9.17, 15) is 13.2 Å². The van der Waals surface area contributed by atoms with E-state index in [4.69, 9.17) is 0 Å². The van der Waals surface area contributed by atoms with Crippen molar-refractivity contribution in [3.8, 4) is 0 Å². The van der Waals surface area contributed by atoms with Gasteiger partial charge < -0.3 is 10.2 Å². The lowest BCUT2D eigenvalue weighted by Gasteiger charge is -2.20. The summed E-state index contributed by atoms with van der Waals surface area (Å²) in [5, 5.41) is 2.82. The van der Waals surface area contributed by atoms with Crippen LogP contribution in [0, 0.1) is 0 Å². The summed E-state index contributed by atoms with van der Waals surface area (Å²) in [5.74, 6) is -0.315. The molecule has 6 nitrogen and oxygen atoms in total.